The summed E-state index contributed by atoms with van der Waals surface area (Å²) in [4.78, 5) is 32.6. The summed E-state index contributed by atoms with van der Waals surface area (Å²) >= 11 is 0. The van der Waals surface area contributed by atoms with E-state index in [9.17, 15) is 9.59 Å². The standard InChI is InChI=1S/C31H42N4O5/c1-38-26-21-23(22-27(39-2)30(26)40-3)31(37)32-17-10-6-7-15-28-33-24-13-8-9-14-25(24)35(28)20-16-29(36)34-18-11-4-5-12-19-34/h8-9,13-14,21-22H,4-7,10-12,15-20H2,1-3H3,(H,32,37). The van der Waals surface area contributed by atoms with E-state index in [1.54, 1.807) is 12.1 Å². The highest BCUT2D eigenvalue weighted by Crippen LogP contribution is 2.38. The highest BCUT2D eigenvalue weighted by Gasteiger charge is 2.18. The molecule has 1 aliphatic rings. The van der Waals surface area contributed by atoms with Crippen LogP contribution in [0.1, 0.15) is 67.5 Å². The molecule has 9 heteroatoms. The third-order valence-corrected chi connectivity index (χ3v) is 7.53. The minimum absolute atomic E-state index is 0.185. The summed E-state index contributed by atoms with van der Waals surface area (Å²) in [6, 6.07) is 11.4. The number of para-hydroxylation sites is 2. The van der Waals surface area contributed by atoms with Gasteiger partial charge < -0.3 is 29.0 Å². The maximum absolute atomic E-state index is 12.9. The number of hydrogen-bond acceptors (Lipinski definition) is 6. The minimum atomic E-state index is -0.185. The van der Waals surface area contributed by atoms with Crippen LogP contribution in [0.5, 0.6) is 17.2 Å². The number of ether oxygens (including phenoxy) is 3. The van der Waals surface area contributed by atoms with Gasteiger partial charge in [-0.05, 0) is 49.9 Å². The van der Waals surface area contributed by atoms with E-state index in [0.717, 1.165) is 68.5 Å². The first-order valence-electron chi connectivity index (χ1n) is 14.4. The van der Waals surface area contributed by atoms with E-state index in [-0.39, 0.29) is 11.8 Å². The number of imidazole rings is 1. The average Bonchev–Trinajstić information content (AvgIpc) is 3.12. The molecule has 1 fully saturated rings. The van der Waals surface area contributed by atoms with Crippen LogP contribution < -0.4 is 19.5 Å². The van der Waals surface area contributed by atoms with Gasteiger partial charge in [0.2, 0.25) is 11.7 Å². The van der Waals surface area contributed by atoms with Crippen molar-refractivity contribution in [1.29, 1.82) is 0 Å². The predicted molar refractivity (Wildman–Crippen MR) is 155 cm³/mol. The molecule has 0 bridgehead atoms. The van der Waals surface area contributed by atoms with Gasteiger partial charge in [-0.1, -0.05) is 31.4 Å². The van der Waals surface area contributed by atoms with E-state index < -0.39 is 0 Å². The fourth-order valence-corrected chi connectivity index (χ4v) is 5.35. The lowest BCUT2D eigenvalue weighted by Gasteiger charge is -2.20. The van der Waals surface area contributed by atoms with Gasteiger partial charge in [0.25, 0.3) is 5.91 Å². The molecule has 216 valence electrons. The Labute approximate surface area is 236 Å². The number of aryl methyl sites for hydroxylation is 2. The van der Waals surface area contributed by atoms with Crippen molar-refractivity contribution in [3.63, 3.8) is 0 Å². The molecule has 1 aromatic heterocycles. The van der Waals surface area contributed by atoms with Crippen molar-refractivity contribution >= 4 is 22.8 Å². The van der Waals surface area contributed by atoms with Crippen molar-refractivity contribution in [2.45, 2.75) is 64.3 Å². The molecule has 1 saturated heterocycles. The molecule has 0 unspecified atom stereocenters. The van der Waals surface area contributed by atoms with Crippen LogP contribution >= 0.6 is 0 Å². The molecule has 2 aromatic carbocycles. The summed E-state index contributed by atoms with van der Waals surface area (Å²) in [7, 11) is 4.59. The summed E-state index contributed by atoms with van der Waals surface area (Å²) in [5.41, 5.74) is 2.51. The van der Waals surface area contributed by atoms with Crippen LogP contribution in [0.3, 0.4) is 0 Å². The van der Waals surface area contributed by atoms with Gasteiger partial charge in [0.1, 0.15) is 5.82 Å². The third kappa shape index (κ3) is 7.25. The fourth-order valence-electron chi connectivity index (χ4n) is 5.35. The first-order valence-corrected chi connectivity index (χ1v) is 14.4. The lowest BCUT2D eigenvalue weighted by Crippen LogP contribution is -2.32. The number of likely N-dealkylation sites (tertiary alicyclic amines) is 1. The van der Waals surface area contributed by atoms with Gasteiger partial charge in [-0.2, -0.15) is 0 Å². The molecule has 0 saturated carbocycles. The monoisotopic (exact) mass is 550 g/mol. The van der Waals surface area contributed by atoms with E-state index in [1.807, 2.05) is 23.1 Å². The lowest BCUT2D eigenvalue weighted by atomic mass is 10.1. The number of nitrogens with one attached hydrogen (secondary N) is 1. The number of benzene rings is 2. The number of fused-ring (bicyclic) bond motifs is 1. The molecular weight excluding hydrogens is 508 g/mol. The second-order valence-corrected chi connectivity index (χ2v) is 10.2. The minimum Gasteiger partial charge on any atom is -0.493 e. The summed E-state index contributed by atoms with van der Waals surface area (Å²) in [5, 5.41) is 2.99. The average molecular weight is 551 g/mol. The highest BCUT2D eigenvalue weighted by atomic mass is 16.5. The number of hydrogen-bond donors (Lipinski definition) is 1. The molecule has 3 aromatic rings. The van der Waals surface area contributed by atoms with Crippen molar-refractivity contribution in [3.05, 3.63) is 47.8 Å². The van der Waals surface area contributed by atoms with Crippen molar-refractivity contribution in [1.82, 2.24) is 19.8 Å². The Kier molecular flexibility index (Phi) is 10.7. The number of carbonyl (C=O) groups is 2. The van der Waals surface area contributed by atoms with Gasteiger partial charge in [0.15, 0.2) is 11.5 Å². The zero-order valence-corrected chi connectivity index (χ0v) is 24.0. The zero-order chi connectivity index (χ0) is 28.3. The molecule has 0 aliphatic carbocycles. The SMILES string of the molecule is COc1cc(C(=O)NCCCCCc2nc3ccccc3n2CCC(=O)N2CCCCCC2)cc(OC)c1OC. The number of methoxy groups -OCH3 is 3. The maximum Gasteiger partial charge on any atom is 0.251 e. The Hall–Kier alpha value is -3.75. The zero-order valence-electron chi connectivity index (χ0n) is 24.0. The van der Waals surface area contributed by atoms with E-state index in [1.165, 1.54) is 34.2 Å². The summed E-state index contributed by atoms with van der Waals surface area (Å²) in [6.45, 7) is 2.98. The number of rotatable bonds is 13. The number of nitrogens with zero attached hydrogens (tertiary/aromatic N) is 3. The molecule has 1 N–H and O–H groups in total. The smallest absolute Gasteiger partial charge is 0.251 e. The van der Waals surface area contributed by atoms with Gasteiger partial charge in [-0.25, -0.2) is 4.98 Å². The topological polar surface area (TPSA) is 94.9 Å². The second-order valence-electron chi connectivity index (χ2n) is 10.2. The van der Waals surface area contributed by atoms with Gasteiger partial charge in [-0.15, -0.1) is 0 Å². The Bertz CT molecular complexity index is 1250. The third-order valence-electron chi connectivity index (χ3n) is 7.53. The Morgan fingerprint density at radius 1 is 0.900 bits per heavy atom. The first-order chi connectivity index (χ1) is 19.5. The van der Waals surface area contributed by atoms with Crippen molar-refractivity contribution in [2.75, 3.05) is 41.0 Å². The van der Waals surface area contributed by atoms with Gasteiger partial charge in [-0.3, -0.25) is 9.59 Å². The molecule has 2 heterocycles. The van der Waals surface area contributed by atoms with E-state index in [4.69, 9.17) is 19.2 Å². The number of carbonyl (C=O) groups excluding carboxylic acids is 2. The predicted octanol–water partition coefficient (Wildman–Crippen LogP) is 5.00. The molecule has 0 atom stereocenters. The van der Waals surface area contributed by atoms with Crippen molar-refractivity contribution < 1.29 is 23.8 Å². The number of unbranched alkanes of at least 4 members (excludes halogenated alkanes) is 2. The quantitative estimate of drug-likeness (QED) is 0.301. The largest absolute Gasteiger partial charge is 0.493 e. The highest BCUT2D eigenvalue weighted by molar-refractivity contribution is 5.95. The molecule has 40 heavy (non-hydrogen) atoms. The van der Waals surface area contributed by atoms with Crippen LogP contribution in [0.25, 0.3) is 11.0 Å². The number of aromatic nitrogens is 2. The van der Waals surface area contributed by atoms with E-state index in [2.05, 4.69) is 16.0 Å². The second kappa shape index (κ2) is 14.6. The Morgan fingerprint density at radius 2 is 1.60 bits per heavy atom. The summed E-state index contributed by atoms with van der Waals surface area (Å²) < 4.78 is 18.3. The van der Waals surface area contributed by atoms with Gasteiger partial charge in [0.05, 0.1) is 32.4 Å². The molecule has 1 aliphatic heterocycles. The van der Waals surface area contributed by atoms with Gasteiger partial charge >= 0.3 is 0 Å². The fraction of sp³-hybridized carbons (Fsp3) is 0.516. The van der Waals surface area contributed by atoms with Gasteiger partial charge in [0, 0.05) is 44.6 Å². The number of amides is 2. The van der Waals surface area contributed by atoms with Crippen LogP contribution in [-0.4, -0.2) is 67.2 Å². The molecule has 4 rings (SSSR count). The first kappa shape index (κ1) is 29.2. The normalized spacial score (nSPS) is 13.6. The van der Waals surface area contributed by atoms with Crippen LogP contribution in [0.4, 0.5) is 0 Å². The van der Waals surface area contributed by atoms with Crippen molar-refractivity contribution in [3.8, 4) is 17.2 Å². The van der Waals surface area contributed by atoms with Crippen LogP contribution in [0, 0.1) is 0 Å². The maximum atomic E-state index is 12.9. The van der Waals surface area contributed by atoms with E-state index >= 15 is 0 Å². The van der Waals surface area contributed by atoms with Crippen LogP contribution in [-0.2, 0) is 17.8 Å². The van der Waals surface area contributed by atoms with E-state index in [0.29, 0.717) is 42.3 Å². The Morgan fingerprint density at radius 3 is 2.27 bits per heavy atom. The molecule has 9 nitrogen and oxygen atoms in total. The van der Waals surface area contributed by atoms with Crippen LogP contribution in [0.15, 0.2) is 36.4 Å². The summed E-state index contributed by atoms with van der Waals surface area (Å²) in [5.74, 6) is 2.43. The summed E-state index contributed by atoms with van der Waals surface area (Å²) in [6.07, 6.45) is 8.72. The lowest BCUT2D eigenvalue weighted by molar-refractivity contribution is -0.131. The van der Waals surface area contributed by atoms with Crippen molar-refractivity contribution in [2.24, 2.45) is 0 Å². The van der Waals surface area contributed by atoms with Crippen LogP contribution in [0.2, 0.25) is 0 Å². The Balaban J connectivity index is 1.28. The molecule has 0 radical (unpaired) electrons. The molecule has 0 spiro atoms. The molecular formula is C31H42N4O5. The molecule has 2 amide bonds.